The zero-order valence-electron chi connectivity index (χ0n) is 9.24. The first-order valence-corrected chi connectivity index (χ1v) is 5.46. The third kappa shape index (κ3) is 1.76. The molecule has 0 amide bonds. The highest BCUT2D eigenvalue weighted by Gasteiger charge is 2.10. The number of hydrogen-bond acceptors (Lipinski definition) is 3. The second-order valence-corrected chi connectivity index (χ2v) is 3.96. The molecule has 0 aliphatic carbocycles. The SMILES string of the molecule is CCn1c(C)nnc1-c1ccc(Cl)c(N)c1. The number of nitrogen functional groups attached to an aromatic ring is 1. The van der Waals surface area contributed by atoms with Gasteiger partial charge in [-0.2, -0.15) is 0 Å². The molecule has 16 heavy (non-hydrogen) atoms. The Morgan fingerprint density at radius 3 is 2.75 bits per heavy atom. The lowest BCUT2D eigenvalue weighted by molar-refractivity contribution is 0.737. The van der Waals surface area contributed by atoms with Crippen LogP contribution in [0.25, 0.3) is 11.4 Å². The summed E-state index contributed by atoms with van der Waals surface area (Å²) >= 11 is 5.88. The van der Waals surface area contributed by atoms with Gasteiger partial charge < -0.3 is 10.3 Å². The molecule has 0 unspecified atom stereocenters. The van der Waals surface area contributed by atoms with Crippen LogP contribution >= 0.6 is 11.6 Å². The lowest BCUT2D eigenvalue weighted by atomic mass is 10.2. The van der Waals surface area contributed by atoms with Crippen molar-refractivity contribution in [2.45, 2.75) is 20.4 Å². The van der Waals surface area contributed by atoms with Gasteiger partial charge in [-0.15, -0.1) is 10.2 Å². The van der Waals surface area contributed by atoms with Gasteiger partial charge in [0.25, 0.3) is 0 Å². The van der Waals surface area contributed by atoms with Crippen molar-refractivity contribution in [1.29, 1.82) is 0 Å². The molecule has 4 nitrogen and oxygen atoms in total. The smallest absolute Gasteiger partial charge is 0.164 e. The highest BCUT2D eigenvalue weighted by Crippen LogP contribution is 2.25. The van der Waals surface area contributed by atoms with Crippen LogP contribution in [-0.2, 0) is 6.54 Å². The van der Waals surface area contributed by atoms with E-state index in [1.807, 2.05) is 23.6 Å². The normalized spacial score (nSPS) is 10.7. The number of aryl methyl sites for hydroxylation is 1. The minimum absolute atomic E-state index is 0.558. The Morgan fingerprint density at radius 2 is 2.12 bits per heavy atom. The molecule has 0 saturated carbocycles. The first kappa shape index (κ1) is 11.0. The maximum atomic E-state index is 5.88. The van der Waals surface area contributed by atoms with Crippen molar-refractivity contribution in [3.8, 4) is 11.4 Å². The summed E-state index contributed by atoms with van der Waals surface area (Å²) in [5.41, 5.74) is 7.26. The Kier molecular flexibility index (Phi) is 2.83. The van der Waals surface area contributed by atoms with E-state index in [2.05, 4.69) is 17.1 Å². The summed E-state index contributed by atoms with van der Waals surface area (Å²) in [5.74, 6) is 1.72. The highest BCUT2D eigenvalue weighted by atomic mass is 35.5. The Hall–Kier alpha value is -1.55. The van der Waals surface area contributed by atoms with Crippen molar-refractivity contribution >= 4 is 17.3 Å². The largest absolute Gasteiger partial charge is 0.398 e. The van der Waals surface area contributed by atoms with E-state index in [0.29, 0.717) is 10.7 Å². The van der Waals surface area contributed by atoms with E-state index < -0.39 is 0 Å². The molecule has 2 N–H and O–H groups in total. The van der Waals surface area contributed by atoms with Crippen LogP contribution in [0.5, 0.6) is 0 Å². The summed E-state index contributed by atoms with van der Waals surface area (Å²) in [6, 6.07) is 5.49. The number of aromatic nitrogens is 3. The lowest BCUT2D eigenvalue weighted by Gasteiger charge is -2.06. The van der Waals surface area contributed by atoms with E-state index in [1.54, 1.807) is 6.07 Å². The molecule has 0 bridgehead atoms. The van der Waals surface area contributed by atoms with Crippen molar-refractivity contribution in [2.75, 3.05) is 5.73 Å². The number of anilines is 1. The second-order valence-electron chi connectivity index (χ2n) is 3.55. The molecule has 0 atom stereocenters. The number of hydrogen-bond donors (Lipinski definition) is 1. The predicted molar refractivity (Wildman–Crippen MR) is 65.3 cm³/mol. The first-order valence-electron chi connectivity index (χ1n) is 5.08. The third-order valence-electron chi connectivity index (χ3n) is 2.51. The summed E-state index contributed by atoms with van der Waals surface area (Å²) in [5, 5.41) is 8.76. The van der Waals surface area contributed by atoms with Crippen molar-refractivity contribution in [3.63, 3.8) is 0 Å². The monoisotopic (exact) mass is 236 g/mol. The van der Waals surface area contributed by atoms with Gasteiger partial charge in [-0.05, 0) is 32.0 Å². The van der Waals surface area contributed by atoms with Gasteiger partial charge in [0.15, 0.2) is 5.82 Å². The quantitative estimate of drug-likeness (QED) is 0.816. The molecule has 84 valence electrons. The zero-order valence-corrected chi connectivity index (χ0v) is 9.99. The van der Waals surface area contributed by atoms with E-state index in [4.69, 9.17) is 17.3 Å². The predicted octanol–water partition coefficient (Wildman–Crippen LogP) is 2.51. The van der Waals surface area contributed by atoms with Gasteiger partial charge >= 0.3 is 0 Å². The van der Waals surface area contributed by atoms with E-state index in [1.165, 1.54) is 0 Å². The molecule has 0 saturated heterocycles. The molecule has 0 aliphatic rings. The summed E-state index contributed by atoms with van der Waals surface area (Å²) < 4.78 is 2.03. The minimum Gasteiger partial charge on any atom is -0.398 e. The molecule has 2 aromatic rings. The fourth-order valence-corrected chi connectivity index (χ4v) is 1.77. The molecule has 1 aromatic carbocycles. The van der Waals surface area contributed by atoms with Crippen LogP contribution in [0.15, 0.2) is 18.2 Å². The molecule has 1 heterocycles. The van der Waals surface area contributed by atoms with Gasteiger partial charge in [-0.25, -0.2) is 0 Å². The fraction of sp³-hybridized carbons (Fsp3) is 0.273. The maximum absolute atomic E-state index is 5.88. The van der Waals surface area contributed by atoms with Crippen molar-refractivity contribution in [3.05, 3.63) is 29.0 Å². The molecular formula is C11H13ClN4. The van der Waals surface area contributed by atoms with Crippen LogP contribution < -0.4 is 5.73 Å². The summed E-state index contributed by atoms with van der Waals surface area (Å²) in [6.07, 6.45) is 0. The van der Waals surface area contributed by atoms with Crippen molar-refractivity contribution < 1.29 is 0 Å². The Balaban J connectivity index is 2.54. The van der Waals surface area contributed by atoms with Crippen LogP contribution in [0.1, 0.15) is 12.7 Å². The van der Waals surface area contributed by atoms with Crippen molar-refractivity contribution in [2.24, 2.45) is 0 Å². The van der Waals surface area contributed by atoms with Crippen LogP contribution in [0.4, 0.5) is 5.69 Å². The number of benzene rings is 1. The molecular weight excluding hydrogens is 224 g/mol. The van der Waals surface area contributed by atoms with Crippen molar-refractivity contribution in [1.82, 2.24) is 14.8 Å². The Bertz CT molecular complexity index is 519. The van der Waals surface area contributed by atoms with E-state index in [0.717, 1.165) is 23.8 Å². The van der Waals surface area contributed by atoms with Crippen LogP contribution in [0.3, 0.4) is 0 Å². The van der Waals surface area contributed by atoms with Gasteiger partial charge in [0.2, 0.25) is 0 Å². The average molecular weight is 237 g/mol. The van der Waals surface area contributed by atoms with Crippen LogP contribution in [0.2, 0.25) is 5.02 Å². The summed E-state index contributed by atoms with van der Waals surface area (Å²) in [7, 11) is 0. The van der Waals surface area contributed by atoms with Crippen LogP contribution in [0, 0.1) is 6.92 Å². The molecule has 0 radical (unpaired) electrons. The van der Waals surface area contributed by atoms with E-state index in [9.17, 15) is 0 Å². The lowest BCUT2D eigenvalue weighted by Crippen LogP contribution is -2.00. The molecule has 0 spiro atoms. The number of nitrogens with two attached hydrogens (primary N) is 1. The zero-order chi connectivity index (χ0) is 11.7. The molecule has 5 heteroatoms. The Morgan fingerprint density at radius 1 is 1.38 bits per heavy atom. The Labute approximate surface area is 99.1 Å². The summed E-state index contributed by atoms with van der Waals surface area (Å²) in [6.45, 7) is 4.81. The molecule has 0 aliphatic heterocycles. The first-order chi connectivity index (χ1) is 7.63. The van der Waals surface area contributed by atoms with Crippen LogP contribution in [-0.4, -0.2) is 14.8 Å². The number of halogens is 1. The topological polar surface area (TPSA) is 56.7 Å². The second kappa shape index (κ2) is 4.14. The standard InChI is InChI=1S/C11H13ClN4/c1-3-16-7(2)14-15-11(16)8-4-5-9(12)10(13)6-8/h4-6H,3,13H2,1-2H3. The molecule has 2 rings (SSSR count). The van der Waals surface area contributed by atoms with Gasteiger partial charge in [-0.3, -0.25) is 0 Å². The maximum Gasteiger partial charge on any atom is 0.164 e. The van der Waals surface area contributed by atoms with E-state index >= 15 is 0 Å². The van der Waals surface area contributed by atoms with Gasteiger partial charge in [-0.1, -0.05) is 11.6 Å². The fourth-order valence-electron chi connectivity index (χ4n) is 1.66. The summed E-state index contributed by atoms with van der Waals surface area (Å²) in [4.78, 5) is 0. The molecule has 1 aromatic heterocycles. The third-order valence-corrected chi connectivity index (χ3v) is 2.85. The number of nitrogens with zero attached hydrogens (tertiary/aromatic N) is 3. The van der Waals surface area contributed by atoms with E-state index in [-0.39, 0.29) is 0 Å². The number of rotatable bonds is 2. The molecule has 0 fully saturated rings. The van der Waals surface area contributed by atoms with Gasteiger partial charge in [0, 0.05) is 12.1 Å². The minimum atomic E-state index is 0.558. The average Bonchev–Trinajstić information content (AvgIpc) is 2.63. The highest BCUT2D eigenvalue weighted by molar-refractivity contribution is 6.33. The van der Waals surface area contributed by atoms with Gasteiger partial charge in [0.05, 0.1) is 10.7 Å². The van der Waals surface area contributed by atoms with Gasteiger partial charge in [0.1, 0.15) is 5.82 Å².